The Morgan fingerprint density at radius 1 is 1.17 bits per heavy atom. The third-order valence-corrected chi connectivity index (χ3v) is 3.41. The van der Waals surface area contributed by atoms with Crippen molar-refractivity contribution in [2.45, 2.75) is 13.1 Å². The largest absolute Gasteiger partial charge is 0.465 e. The molecule has 0 fully saturated rings. The van der Waals surface area contributed by atoms with Gasteiger partial charge in [-0.3, -0.25) is 9.48 Å². The van der Waals surface area contributed by atoms with Crippen molar-refractivity contribution in [1.82, 2.24) is 15.1 Å². The summed E-state index contributed by atoms with van der Waals surface area (Å²) < 4.78 is 7.01. The van der Waals surface area contributed by atoms with E-state index in [0.29, 0.717) is 18.8 Å². The van der Waals surface area contributed by atoms with Gasteiger partial charge in [0, 0.05) is 25.0 Å². The lowest BCUT2D eigenvalue weighted by Gasteiger charge is -2.10. The Kier molecular flexibility index (Phi) is 4.69. The van der Waals surface area contributed by atoms with E-state index in [1.54, 1.807) is 30.7 Å². The normalized spacial score (nSPS) is 11.0. The zero-order valence-electron chi connectivity index (χ0n) is 12.6. The summed E-state index contributed by atoms with van der Waals surface area (Å²) in [5.74, 6) is 0.495. The van der Waals surface area contributed by atoms with Gasteiger partial charge >= 0.3 is 0 Å². The molecule has 0 saturated heterocycles. The van der Waals surface area contributed by atoms with Gasteiger partial charge in [0.1, 0.15) is 5.76 Å². The van der Waals surface area contributed by atoms with Crippen LogP contribution in [-0.4, -0.2) is 15.7 Å². The van der Waals surface area contributed by atoms with Crippen molar-refractivity contribution in [3.05, 3.63) is 84.1 Å². The predicted octanol–water partition coefficient (Wildman–Crippen LogP) is 2.85. The van der Waals surface area contributed by atoms with Crippen molar-refractivity contribution >= 4 is 12.0 Å². The standard InChI is InChI=1S/C18H17N3O2/c22-18(9-8-17-7-3-12-23-17)19-13-15-5-1-2-6-16(15)14-21-11-4-10-20-21/h1-12H,13-14H2,(H,19,22). The lowest BCUT2D eigenvalue weighted by atomic mass is 10.1. The smallest absolute Gasteiger partial charge is 0.244 e. The molecule has 1 aromatic carbocycles. The van der Waals surface area contributed by atoms with Crippen LogP contribution in [0.3, 0.4) is 0 Å². The van der Waals surface area contributed by atoms with Crippen molar-refractivity contribution in [2.75, 3.05) is 0 Å². The average Bonchev–Trinajstić information content (AvgIpc) is 3.25. The van der Waals surface area contributed by atoms with Crippen LogP contribution in [-0.2, 0) is 17.9 Å². The van der Waals surface area contributed by atoms with Crippen molar-refractivity contribution in [2.24, 2.45) is 0 Å². The number of hydrogen-bond acceptors (Lipinski definition) is 3. The maximum Gasteiger partial charge on any atom is 0.244 e. The molecule has 5 heteroatoms. The molecule has 2 aromatic heterocycles. The van der Waals surface area contributed by atoms with Gasteiger partial charge in [-0.25, -0.2) is 0 Å². The second-order valence-electron chi connectivity index (χ2n) is 5.04. The van der Waals surface area contributed by atoms with E-state index in [1.165, 1.54) is 6.08 Å². The summed E-state index contributed by atoms with van der Waals surface area (Å²) >= 11 is 0. The first-order valence-corrected chi connectivity index (χ1v) is 7.35. The summed E-state index contributed by atoms with van der Waals surface area (Å²) in [6.45, 7) is 1.15. The lowest BCUT2D eigenvalue weighted by molar-refractivity contribution is -0.116. The van der Waals surface area contributed by atoms with Crippen LogP contribution in [0.1, 0.15) is 16.9 Å². The molecule has 3 aromatic rings. The highest BCUT2D eigenvalue weighted by Gasteiger charge is 2.04. The lowest BCUT2D eigenvalue weighted by Crippen LogP contribution is -2.21. The number of benzene rings is 1. The Labute approximate surface area is 134 Å². The molecule has 116 valence electrons. The first-order valence-electron chi connectivity index (χ1n) is 7.35. The van der Waals surface area contributed by atoms with Gasteiger partial charge in [0.2, 0.25) is 5.91 Å². The van der Waals surface area contributed by atoms with Crippen molar-refractivity contribution in [3.8, 4) is 0 Å². The molecule has 1 N–H and O–H groups in total. The van der Waals surface area contributed by atoms with Gasteiger partial charge < -0.3 is 9.73 Å². The second-order valence-corrected chi connectivity index (χ2v) is 5.04. The first-order chi connectivity index (χ1) is 11.3. The van der Waals surface area contributed by atoms with Crippen molar-refractivity contribution < 1.29 is 9.21 Å². The predicted molar refractivity (Wildman–Crippen MR) is 87.4 cm³/mol. The maximum absolute atomic E-state index is 11.9. The summed E-state index contributed by atoms with van der Waals surface area (Å²) in [7, 11) is 0. The van der Waals surface area contributed by atoms with Gasteiger partial charge in [0.15, 0.2) is 0 Å². The van der Waals surface area contributed by atoms with E-state index >= 15 is 0 Å². The number of rotatable bonds is 6. The molecule has 3 rings (SSSR count). The number of hydrogen-bond donors (Lipinski definition) is 1. The minimum absolute atomic E-state index is 0.157. The number of furan rings is 1. The molecular formula is C18H17N3O2. The fourth-order valence-corrected chi connectivity index (χ4v) is 2.24. The van der Waals surface area contributed by atoms with Gasteiger partial charge in [0.25, 0.3) is 0 Å². The third-order valence-electron chi connectivity index (χ3n) is 3.41. The molecule has 0 aliphatic heterocycles. The van der Waals surface area contributed by atoms with Crippen LogP contribution < -0.4 is 5.32 Å². The van der Waals surface area contributed by atoms with E-state index in [0.717, 1.165) is 11.1 Å². The number of amides is 1. The van der Waals surface area contributed by atoms with E-state index < -0.39 is 0 Å². The van der Waals surface area contributed by atoms with Crippen LogP contribution in [0.2, 0.25) is 0 Å². The number of nitrogens with zero attached hydrogens (tertiary/aromatic N) is 2. The Morgan fingerprint density at radius 3 is 2.78 bits per heavy atom. The van der Waals surface area contributed by atoms with Crippen LogP contribution in [0.4, 0.5) is 0 Å². The van der Waals surface area contributed by atoms with Gasteiger partial charge in [-0.05, 0) is 35.4 Å². The molecule has 0 radical (unpaired) electrons. The molecule has 0 spiro atoms. The molecule has 23 heavy (non-hydrogen) atoms. The van der Waals surface area contributed by atoms with Gasteiger partial charge in [-0.1, -0.05) is 24.3 Å². The number of aromatic nitrogens is 2. The zero-order chi connectivity index (χ0) is 15.9. The highest BCUT2D eigenvalue weighted by molar-refractivity contribution is 5.91. The molecule has 0 aliphatic rings. The van der Waals surface area contributed by atoms with Crippen LogP contribution in [0.25, 0.3) is 6.08 Å². The summed E-state index contributed by atoms with van der Waals surface area (Å²) in [5.41, 5.74) is 2.20. The molecular weight excluding hydrogens is 290 g/mol. The van der Waals surface area contributed by atoms with Gasteiger partial charge in [-0.15, -0.1) is 0 Å². The molecule has 0 unspecified atom stereocenters. The Balaban J connectivity index is 1.60. The molecule has 0 saturated carbocycles. The highest BCUT2D eigenvalue weighted by Crippen LogP contribution is 2.10. The maximum atomic E-state index is 11.9. The molecule has 0 aliphatic carbocycles. The highest BCUT2D eigenvalue weighted by atomic mass is 16.3. The Bertz CT molecular complexity index is 774. The SMILES string of the molecule is O=C(C=Cc1ccco1)NCc1ccccc1Cn1cccn1. The molecule has 0 atom stereocenters. The summed E-state index contributed by atoms with van der Waals surface area (Å²) in [6.07, 6.45) is 8.36. The number of carbonyl (C=O) groups excluding carboxylic acids is 1. The van der Waals surface area contributed by atoms with Gasteiger partial charge in [0.05, 0.1) is 12.8 Å². The van der Waals surface area contributed by atoms with Gasteiger partial charge in [-0.2, -0.15) is 5.10 Å². The monoisotopic (exact) mass is 307 g/mol. The Hall–Kier alpha value is -3.08. The van der Waals surface area contributed by atoms with E-state index in [-0.39, 0.29) is 5.91 Å². The number of nitrogens with one attached hydrogen (secondary N) is 1. The minimum atomic E-state index is -0.157. The summed E-state index contributed by atoms with van der Waals surface area (Å²) in [6, 6.07) is 13.5. The fraction of sp³-hybridized carbons (Fsp3) is 0.111. The van der Waals surface area contributed by atoms with E-state index in [1.807, 2.05) is 41.2 Å². The van der Waals surface area contributed by atoms with E-state index in [4.69, 9.17) is 4.42 Å². The Morgan fingerprint density at radius 2 is 2.04 bits per heavy atom. The summed E-state index contributed by atoms with van der Waals surface area (Å²) in [5, 5.41) is 7.10. The first kappa shape index (κ1) is 14.8. The zero-order valence-corrected chi connectivity index (χ0v) is 12.6. The fourth-order valence-electron chi connectivity index (χ4n) is 2.24. The quantitative estimate of drug-likeness (QED) is 0.712. The van der Waals surface area contributed by atoms with Crippen LogP contribution >= 0.6 is 0 Å². The van der Waals surface area contributed by atoms with E-state index in [2.05, 4.69) is 10.4 Å². The second kappa shape index (κ2) is 7.26. The molecule has 1 amide bonds. The van der Waals surface area contributed by atoms with Crippen molar-refractivity contribution in [3.63, 3.8) is 0 Å². The average molecular weight is 307 g/mol. The minimum Gasteiger partial charge on any atom is -0.465 e. The molecule has 5 nitrogen and oxygen atoms in total. The molecule has 0 bridgehead atoms. The molecule has 2 heterocycles. The van der Waals surface area contributed by atoms with Crippen molar-refractivity contribution in [1.29, 1.82) is 0 Å². The summed E-state index contributed by atoms with van der Waals surface area (Å²) in [4.78, 5) is 11.9. The van der Waals surface area contributed by atoms with E-state index in [9.17, 15) is 4.79 Å². The van der Waals surface area contributed by atoms with Crippen LogP contribution in [0, 0.1) is 0 Å². The topological polar surface area (TPSA) is 60.1 Å². The third kappa shape index (κ3) is 4.20. The van der Waals surface area contributed by atoms with Crippen LogP contribution in [0.15, 0.2) is 71.6 Å². The number of carbonyl (C=O) groups is 1. The van der Waals surface area contributed by atoms with Crippen LogP contribution in [0.5, 0.6) is 0 Å².